The first kappa shape index (κ1) is 24.0. The Kier molecular flexibility index (Phi) is 7.63. The molecule has 1 unspecified atom stereocenters. The molecule has 1 fully saturated rings. The molecule has 2 aromatic carbocycles. The molecule has 2 aromatic rings. The highest BCUT2D eigenvalue weighted by molar-refractivity contribution is 6.35. The molecule has 1 saturated heterocycles. The second-order valence-electron chi connectivity index (χ2n) is 8.20. The average molecular weight is 487 g/mol. The summed E-state index contributed by atoms with van der Waals surface area (Å²) in [5, 5.41) is 10.2. The van der Waals surface area contributed by atoms with Crippen molar-refractivity contribution in [3.63, 3.8) is 0 Å². The fraction of sp³-hybridized carbons (Fsp3) is 0.435. The van der Waals surface area contributed by atoms with Gasteiger partial charge in [0.15, 0.2) is 0 Å². The van der Waals surface area contributed by atoms with Crippen LogP contribution in [0.2, 0.25) is 10.0 Å². The lowest BCUT2D eigenvalue weighted by Gasteiger charge is -2.40. The Bertz CT molecular complexity index is 924. The number of rotatable bonds is 6. The number of halogens is 3. The number of hydrogen-bond donors (Lipinski definition) is 1. The van der Waals surface area contributed by atoms with Gasteiger partial charge in [0.1, 0.15) is 18.1 Å². The molecule has 31 heavy (non-hydrogen) atoms. The summed E-state index contributed by atoms with van der Waals surface area (Å²) in [6.45, 7) is 4.68. The monoisotopic (exact) mass is 485 g/mol. The van der Waals surface area contributed by atoms with Gasteiger partial charge in [0.05, 0.1) is 13.0 Å². The maximum atomic E-state index is 11.0. The third kappa shape index (κ3) is 5.06. The van der Waals surface area contributed by atoms with Crippen LogP contribution in [0, 0.1) is 0 Å². The molecule has 0 bridgehead atoms. The highest BCUT2D eigenvalue weighted by Gasteiger charge is 2.43. The molecule has 4 rings (SSSR count). The van der Waals surface area contributed by atoms with Gasteiger partial charge in [-0.25, -0.2) is 0 Å². The maximum absolute atomic E-state index is 11.0. The van der Waals surface area contributed by atoms with Crippen LogP contribution in [0.25, 0.3) is 0 Å². The number of aliphatic carboxylic acids is 1. The molecule has 8 heteroatoms. The minimum Gasteiger partial charge on any atom is -0.492 e. The molecule has 2 heterocycles. The topological polar surface area (TPSA) is 59.0 Å². The Morgan fingerprint density at radius 2 is 1.90 bits per heavy atom. The van der Waals surface area contributed by atoms with Crippen LogP contribution < -0.4 is 9.47 Å². The lowest BCUT2D eigenvalue weighted by molar-refractivity contribution is -0.138. The van der Waals surface area contributed by atoms with E-state index in [-0.39, 0.29) is 30.3 Å². The van der Waals surface area contributed by atoms with Crippen LogP contribution in [0.4, 0.5) is 0 Å². The van der Waals surface area contributed by atoms with E-state index in [0.717, 1.165) is 37.2 Å². The zero-order chi connectivity index (χ0) is 21.3. The molecule has 0 amide bonds. The van der Waals surface area contributed by atoms with Crippen molar-refractivity contribution < 1.29 is 19.4 Å². The van der Waals surface area contributed by atoms with E-state index < -0.39 is 5.97 Å². The Labute approximate surface area is 198 Å². The Morgan fingerprint density at radius 1 is 1.23 bits per heavy atom. The van der Waals surface area contributed by atoms with Gasteiger partial charge in [-0.05, 0) is 51.1 Å². The second-order valence-corrected chi connectivity index (χ2v) is 9.01. The fourth-order valence-corrected chi connectivity index (χ4v) is 4.96. The Morgan fingerprint density at radius 3 is 2.55 bits per heavy atom. The van der Waals surface area contributed by atoms with Gasteiger partial charge in [-0.2, -0.15) is 0 Å². The van der Waals surface area contributed by atoms with Gasteiger partial charge in [0, 0.05) is 38.7 Å². The third-order valence-electron chi connectivity index (χ3n) is 6.32. The summed E-state index contributed by atoms with van der Waals surface area (Å²) in [6.07, 6.45) is 2.09. The first-order valence-electron chi connectivity index (χ1n) is 10.2. The van der Waals surface area contributed by atoms with Gasteiger partial charge in [-0.15, -0.1) is 12.4 Å². The standard InChI is InChI=1S/C23H25Cl2NO4.ClH/c1-15(11-22(27)28)26-9-7-23(8-10-26)14-30-21-12-16(5-6-18(21)23)29-13-17-19(24)3-2-4-20(17)25;/h2-6,12,15H,7-11,13-14H2,1H3,(H,27,28);1H. The number of carboxylic acid groups (broad SMARTS) is 1. The van der Waals surface area contributed by atoms with Crippen LogP contribution in [-0.4, -0.2) is 41.7 Å². The number of likely N-dealkylation sites (tertiary alicyclic amines) is 1. The Hall–Kier alpha value is -1.66. The predicted molar refractivity (Wildman–Crippen MR) is 124 cm³/mol. The largest absolute Gasteiger partial charge is 0.492 e. The Balaban J connectivity index is 0.00000272. The summed E-state index contributed by atoms with van der Waals surface area (Å²) in [5.41, 5.74) is 1.98. The second kappa shape index (κ2) is 9.86. The average Bonchev–Trinajstić information content (AvgIpc) is 3.05. The van der Waals surface area contributed by atoms with E-state index in [2.05, 4.69) is 11.0 Å². The molecule has 1 N–H and O–H groups in total. The van der Waals surface area contributed by atoms with E-state index in [4.69, 9.17) is 37.8 Å². The first-order chi connectivity index (χ1) is 14.4. The van der Waals surface area contributed by atoms with Crippen molar-refractivity contribution in [2.24, 2.45) is 0 Å². The minimum absolute atomic E-state index is 0. The normalized spacial score (nSPS) is 18.0. The van der Waals surface area contributed by atoms with E-state index in [1.165, 1.54) is 5.56 Å². The summed E-state index contributed by atoms with van der Waals surface area (Å²) < 4.78 is 12.0. The molecule has 0 radical (unpaired) electrons. The summed E-state index contributed by atoms with van der Waals surface area (Å²) >= 11 is 12.4. The van der Waals surface area contributed by atoms with Gasteiger partial charge in [-0.3, -0.25) is 4.79 Å². The number of nitrogens with zero attached hydrogens (tertiary/aromatic N) is 1. The van der Waals surface area contributed by atoms with Crippen molar-refractivity contribution in [1.29, 1.82) is 0 Å². The van der Waals surface area contributed by atoms with Gasteiger partial charge in [0.2, 0.25) is 0 Å². The van der Waals surface area contributed by atoms with Gasteiger partial charge < -0.3 is 19.5 Å². The first-order valence-corrected chi connectivity index (χ1v) is 10.9. The number of carbonyl (C=O) groups is 1. The highest BCUT2D eigenvalue weighted by atomic mass is 35.5. The van der Waals surface area contributed by atoms with Crippen molar-refractivity contribution in [3.8, 4) is 11.5 Å². The summed E-state index contributed by atoms with van der Waals surface area (Å²) in [6, 6.07) is 11.5. The number of benzene rings is 2. The van der Waals surface area contributed by atoms with Crippen LogP contribution in [0.15, 0.2) is 36.4 Å². The third-order valence-corrected chi connectivity index (χ3v) is 7.03. The van der Waals surface area contributed by atoms with E-state index in [1.54, 1.807) is 12.1 Å². The molecule has 5 nitrogen and oxygen atoms in total. The van der Waals surface area contributed by atoms with Gasteiger partial charge in [0.25, 0.3) is 0 Å². The van der Waals surface area contributed by atoms with Gasteiger partial charge in [-0.1, -0.05) is 35.3 Å². The van der Waals surface area contributed by atoms with Crippen molar-refractivity contribution in [1.82, 2.24) is 4.90 Å². The van der Waals surface area contributed by atoms with Crippen molar-refractivity contribution in [3.05, 3.63) is 57.6 Å². The molecule has 2 aliphatic rings. The van der Waals surface area contributed by atoms with Crippen molar-refractivity contribution in [2.45, 2.75) is 44.2 Å². The fourth-order valence-electron chi connectivity index (χ4n) is 4.46. The quantitative estimate of drug-likeness (QED) is 0.577. The number of hydrogen-bond acceptors (Lipinski definition) is 4. The zero-order valence-corrected chi connectivity index (χ0v) is 19.6. The number of piperidine rings is 1. The summed E-state index contributed by atoms with van der Waals surface area (Å²) in [7, 11) is 0. The molecule has 168 valence electrons. The van der Waals surface area contributed by atoms with E-state index in [9.17, 15) is 4.79 Å². The molecule has 0 aromatic heterocycles. The number of carboxylic acids is 1. The van der Waals surface area contributed by atoms with E-state index in [0.29, 0.717) is 29.0 Å². The summed E-state index contributed by atoms with van der Waals surface area (Å²) in [4.78, 5) is 13.3. The zero-order valence-electron chi connectivity index (χ0n) is 17.3. The van der Waals surface area contributed by atoms with Gasteiger partial charge >= 0.3 is 5.97 Å². The predicted octanol–water partition coefficient (Wildman–Crippen LogP) is 5.58. The van der Waals surface area contributed by atoms with Crippen LogP contribution >= 0.6 is 35.6 Å². The van der Waals surface area contributed by atoms with E-state index in [1.807, 2.05) is 25.1 Å². The SMILES string of the molecule is CC(CC(=O)O)N1CCC2(CC1)COc1cc(OCc3c(Cl)cccc3Cl)ccc12.Cl. The molecule has 0 saturated carbocycles. The lowest BCUT2D eigenvalue weighted by Crippen LogP contribution is -2.47. The molecule has 2 aliphatic heterocycles. The number of fused-ring (bicyclic) bond motifs is 2. The molecule has 1 atom stereocenters. The van der Waals surface area contributed by atoms with Crippen LogP contribution in [-0.2, 0) is 16.8 Å². The van der Waals surface area contributed by atoms with Crippen LogP contribution in [0.5, 0.6) is 11.5 Å². The maximum Gasteiger partial charge on any atom is 0.304 e. The summed E-state index contributed by atoms with van der Waals surface area (Å²) in [5.74, 6) is 0.835. The molecular formula is C23H26Cl3NO4. The van der Waals surface area contributed by atoms with Crippen LogP contribution in [0.1, 0.15) is 37.3 Å². The lowest BCUT2D eigenvalue weighted by atomic mass is 9.74. The van der Waals surface area contributed by atoms with Crippen LogP contribution in [0.3, 0.4) is 0 Å². The molecule has 0 aliphatic carbocycles. The molecule has 1 spiro atoms. The molecular weight excluding hydrogens is 461 g/mol. The van der Waals surface area contributed by atoms with Crippen molar-refractivity contribution >= 4 is 41.6 Å². The van der Waals surface area contributed by atoms with E-state index >= 15 is 0 Å². The highest BCUT2D eigenvalue weighted by Crippen LogP contribution is 2.47. The van der Waals surface area contributed by atoms with Crippen molar-refractivity contribution in [2.75, 3.05) is 19.7 Å². The number of ether oxygens (including phenoxy) is 2. The smallest absolute Gasteiger partial charge is 0.304 e. The minimum atomic E-state index is -0.747.